The molecule has 4 heterocycles. The summed E-state index contributed by atoms with van der Waals surface area (Å²) in [6.07, 6.45) is 3.78. The van der Waals surface area contributed by atoms with Crippen LogP contribution in [-0.2, 0) is 12.0 Å². The number of carbonyl (C=O) groups excluding carboxylic acids is 2. The van der Waals surface area contributed by atoms with Gasteiger partial charge in [0.25, 0.3) is 0 Å². The molecule has 3 aromatic rings. The zero-order valence-corrected chi connectivity index (χ0v) is 19.0. The van der Waals surface area contributed by atoms with Crippen molar-refractivity contribution in [3.05, 3.63) is 42.2 Å². The fourth-order valence-electron chi connectivity index (χ4n) is 5.05. The topological polar surface area (TPSA) is 104 Å². The van der Waals surface area contributed by atoms with Crippen molar-refractivity contribution >= 4 is 28.7 Å². The Balaban J connectivity index is 1.45. The van der Waals surface area contributed by atoms with Gasteiger partial charge in [-0.3, -0.25) is 9.67 Å². The molecule has 172 valence electrons. The molecule has 0 bridgehead atoms. The maximum Gasteiger partial charge on any atom is 0.319 e. The molecular formula is C24H29N7O2. The van der Waals surface area contributed by atoms with Gasteiger partial charge in [-0.05, 0) is 51.0 Å². The number of urea groups is 2. The van der Waals surface area contributed by atoms with Crippen LogP contribution in [0, 0.1) is 0 Å². The molecule has 9 nitrogen and oxygen atoms in total. The molecule has 2 aromatic heterocycles. The average Bonchev–Trinajstić information content (AvgIpc) is 3.51. The molecule has 0 radical (unpaired) electrons. The summed E-state index contributed by atoms with van der Waals surface area (Å²) in [5, 5.41) is 14.3. The zero-order valence-electron chi connectivity index (χ0n) is 19.0. The van der Waals surface area contributed by atoms with Gasteiger partial charge in [-0.15, -0.1) is 0 Å². The predicted molar refractivity (Wildman–Crippen MR) is 127 cm³/mol. The van der Waals surface area contributed by atoms with Gasteiger partial charge in [-0.1, -0.05) is 6.07 Å². The van der Waals surface area contributed by atoms with Crippen LogP contribution in [-0.4, -0.2) is 57.9 Å². The number of amides is 4. The molecule has 33 heavy (non-hydrogen) atoms. The van der Waals surface area contributed by atoms with E-state index in [1.54, 1.807) is 0 Å². The lowest BCUT2D eigenvalue weighted by Gasteiger charge is -2.23. The van der Waals surface area contributed by atoms with Gasteiger partial charge in [0.1, 0.15) is 0 Å². The highest BCUT2D eigenvalue weighted by atomic mass is 16.2. The van der Waals surface area contributed by atoms with E-state index in [1.165, 1.54) is 5.69 Å². The molecule has 1 atom stereocenters. The molecule has 1 spiro atoms. The van der Waals surface area contributed by atoms with Crippen LogP contribution in [0.3, 0.4) is 0 Å². The van der Waals surface area contributed by atoms with Crippen LogP contribution in [0.5, 0.6) is 0 Å². The summed E-state index contributed by atoms with van der Waals surface area (Å²) >= 11 is 0. The summed E-state index contributed by atoms with van der Waals surface area (Å²) in [4.78, 5) is 31.0. The van der Waals surface area contributed by atoms with Gasteiger partial charge in [0.05, 0.1) is 16.9 Å². The third kappa shape index (κ3) is 3.77. The Morgan fingerprint density at radius 2 is 1.91 bits per heavy atom. The third-order valence-electron chi connectivity index (χ3n) is 6.70. The Hall–Kier alpha value is -3.62. The Labute approximate surface area is 192 Å². The van der Waals surface area contributed by atoms with Crippen molar-refractivity contribution in [1.29, 1.82) is 0 Å². The second-order valence-electron chi connectivity index (χ2n) is 8.76. The Morgan fingerprint density at radius 1 is 1.09 bits per heavy atom. The van der Waals surface area contributed by atoms with Gasteiger partial charge in [0.2, 0.25) is 0 Å². The Morgan fingerprint density at radius 3 is 2.73 bits per heavy atom. The van der Waals surface area contributed by atoms with Crippen molar-refractivity contribution in [3.8, 4) is 11.3 Å². The molecule has 1 fully saturated rings. The number of fused-ring (bicyclic) bond motifs is 3. The summed E-state index contributed by atoms with van der Waals surface area (Å²) in [7, 11) is 0. The number of carbonyl (C=O) groups is 2. The van der Waals surface area contributed by atoms with Crippen molar-refractivity contribution in [2.45, 2.75) is 38.6 Å². The third-order valence-corrected chi connectivity index (χ3v) is 6.70. The molecule has 2 aliphatic rings. The van der Waals surface area contributed by atoms with E-state index in [9.17, 15) is 9.59 Å². The fraction of sp³-hybridized carbons (Fsp3) is 0.417. The minimum absolute atomic E-state index is 0.0124. The number of hydrogen-bond donors (Lipinski definition) is 3. The van der Waals surface area contributed by atoms with E-state index in [1.807, 2.05) is 49.2 Å². The van der Waals surface area contributed by atoms with Crippen molar-refractivity contribution in [3.63, 3.8) is 0 Å². The molecule has 4 amide bonds. The molecule has 1 aromatic carbocycles. The number of likely N-dealkylation sites (tertiary alicyclic amines) is 1. The van der Waals surface area contributed by atoms with Crippen LogP contribution in [0.15, 0.2) is 36.5 Å². The van der Waals surface area contributed by atoms with Gasteiger partial charge in [0.15, 0.2) is 0 Å². The highest BCUT2D eigenvalue weighted by molar-refractivity contribution is 6.01. The van der Waals surface area contributed by atoms with E-state index in [0.717, 1.165) is 54.6 Å². The van der Waals surface area contributed by atoms with Gasteiger partial charge < -0.3 is 20.9 Å². The van der Waals surface area contributed by atoms with Gasteiger partial charge in [-0.25, -0.2) is 9.59 Å². The van der Waals surface area contributed by atoms with Crippen molar-refractivity contribution in [2.24, 2.45) is 0 Å². The molecule has 1 saturated heterocycles. The SMILES string of the molecule is CCNC(=O)Nc1cccc2ncc(-c3cc4n(n3)CCC43CCN(C(=O)NCC)C3)cc12. The number of hydrogen-bond acceptors (Lipinski definition) is 4. The number of nitrogens with zero attached hydrogens (tertiary/aromatic N) is 4. The summed E-state index contributed by atoms with van der Waals surface area (Å²) in [6.45, 7) is 7.35. The molecular weight excluding hydrogens is 418 g/mol. The molecule has 1 unspecified atom stereocenters. The molecule has 0 aliphatic carbocycles. The highest BCUT2D eigenvalue weighted by Crippen LogP contribution is 2.44. The first kappa shape index (κ1) is 21.2. The smallest absolute Gasteiger partial charge is 0.319 e. The molecule has 9 heteroatoms. The predicted octanol–water partition coefficient (Wildman–Crippen LogP) is 3.32. The summed E-state index contributed by atoms with van der Waals surface area (Å²) in [5.41, 5.74) is 4.45. The molecule has 3 N–H and O–H groups in total. The number of aryl methyl sites for hydroxylation is 1. The van der Waals surface area contributed by atoms with Crippen molar-refractivity contribution < 1.29 is 9.59 Å². The highest BCUT2D eigenvalue weighted by Gasteiger charge is 2.46. The van der Waals surface area contributed by atoms with E-state index in [2.05, 4.69) is 31.7 Å². The Kier molecular flexibility index (Phi) is 5.39. The van der Waals surface area contributed by atoms with E-state index >= 15 is 0 Å². The van der Waals surface area contributed by atoms with Crippen molar-refractivity contribution in [1.82, 2.24) is 30.3 Å². The summed E-state index contributed by atoms with van der Waals surface area (Å²) in [6, 6.07) is 9.64. The number of anilines is 1. The van der Waals surface area contributed by atoms with Crippen LogP contribution in [0.25, 0.3) is 22.2 Å². The Bertz CT molecular complexity index is 1220. The summed E-state index contributed by atoms with van der Waals surface area (Å²) in [5.74, 6) is 0. The van der Waals surface area contributed by atoms with Crippen LogP contribution in [0.1, 0.15) is 32.4 Å². The van der Waals surface area contributed by atoms with E-state index in [4.69, 9.17) is 5.10 Å². The van der Waals surface area contributed by atoms with Crippen molar-refractivity contribution in [2.75, 3.05) is 31.5 Å². The maximum atomic E-state index is 12.3. The fourth-order valence-corrected chi connectivity index (χ4v) is 5.05. The quantitative estimate of drug-likeness (QED) is 0.571. The summed E-state index contributed by atoms with van der Waals surface area (Å²) < 4.78 is 2.08. The first-order chi connectivity index (χ1) is 16.0. The minimum Gasteiger partial charge on any atom is -0.338 e. The lowest BCUT2D eigenvalue weighted by Crippen LogP contribution is -2.40. The zero-order chi connectivity index (χ0) is 23.0. The van der Waals surface area contributed by atoms with Gasteiger partial charge in [0, 0.05) is 61.0 Å². The van der Waals surface area contributed by atoms with E-state index in [-0.39, 0.29) is 17.5 Å². The normalized spacial score (nSPS) is 19.2. The maximum absolute atomic E-state index is 12.3. The lowest BCUT2D eigenvalue weighted by molar-refractivity contribution is 0.206. The number of benzene rings is 1. The first-order valence-corrected chi connectivity index (χ1v) is 11.6. The number of rotatable bonds is 4. The largest absolute Gasteiger partial charge is 0.338 e. The molecule has 2 aliphatic heterocycles. The number of aromatic nitrogens is 3. The average molecular weight is 448 g/mol. The minimum atomic E-state index is -0.240. The molecule has 0 saturated carbocycles. The standard InChI is InChI=1S/C24H29N7O2/c1-3-25-22(32)28-19-7-5-6-18-17(19)12-16(14-27-18)20-13-21-24(9-11-31(21)29-20)8-10-30(15-24)23(33)26-4-2/h5-7,12-14H,3-4,8-11,15H2,1-2H3,(H,26,33)(H2,25,28,32). The van der Waals surface area contributed by atoms with Crippen LogP contribution < -0.4 is 16.0 Å². The van der Waals surface area contributed by atoms with Crippen LogP contribution >= 0.6 is 0 Å². The van der Waals surface area contributed by atoms with Gasteiger partial charge >= 0.3 is 12.1 Å². The van der Waals surface area contributed by atoms with Gasteiger partial charge in [-0.2, -0.15) is 5.10 Å². The first-order valence-electron chi connectivity index (χ1n) is 11.6. The monoisotopic (exact) mass is 447 g/mol. The van der Waals surface area contributed by atoms with Crippen LogP contribution in [0.2, 0.25) is 0 Å². The van der Waals surface area contributed by atoms with Crippen LogP contribution in [0.4, 0.5) is 15.3 Å². The second-order valence-corrected chi connectivity index (χ2v) is 8.76. The second kappa shape index (κ2) is 8.38. The van der Waals surface area contributed by atoms with E-state index < -0.39 is 0 Å². The molecule has 5 rings (SSSR count). The number of nitrogens with one attached hydrogen (secondary N) is 3. The lowest BCUT2D eigenvalue weighted by atomic mass is 9.82. The number of pyridine rings is 1. The van der Waals surface area contributed by atoms with E-state index in [0.29, 0.717) is 18.8 Å².